The molecule has 1 aromatic rings. The minimum atomic E-state index is -3.70. The molecule has 0 radical (unpaired) electrons. The third-order valence-corrected chi connectivity index (χ3v) is 5.97. The van der Waals surface area contributed by atoms with Crippen molar-refractivity contribution in [3.8, 4) is 0 Å². The van der Waals surface area contributed by atoms with Crippen LogP contribution in [0.25, 0.3) is 0 Å². The van der Waals surface area contributed by atoms with E-state index in [1.54, 1.807) is 35.8 Å². The molecule has 0 aromatic heterocycles. The van der Waals surface area contributed by atoms with E-state index in [4.69, 9.17) is 5.14 Å². The van der Waals surface area contributed by atoms with Crippen molar-refractivity contribution in [2.45, 2.75) is 29.4 Å². The summed E-state index contributed by atoms with van der Waals surface area (Å²) in [6.07, 6.45) is 1.92. The van der Waals surface area contributed by atoms with E-state index in [0.717, 1.165) is 18.6 Å². The molecule has 2 N–H and O–H groups in total. The smallest absolute Gasteiger partial charge is 0.242 e. The summed E-state index contributed by atoms with van der Waals surface area (Å²) in [7, 11) is -1.99. The summed E-state index contributed by atoms with van der Waals surface area (Å²) in [6, 6.07) is 6.03. The Morgan fingerprint density at radius 1 is 1.35 bits per heavy atom. The van der Waals surface area contributed by atoms with Crippen molar-refractivity contribution >= 4 is 33.4 Å². The number of amides is 1. The third kappa shape index (κ3) is 2.99. The van der Waals surface area contributed by atoms with Crippen LogP contribution in [0.2, 0.25) is 0 Å². The van der Waals surface area contributed by atoms with Gasteiger partial charge in [0.25, 0.3) is 0 Å². The Morgan fingerprint density at radius 2 is 1.95 bits per heavy atom. The molecule has 1 aromatic carbocycles. The zero-order chi connectivity index (χ0) is 15.0. The van der Waals surface area contributed by atoms with Gasteiger partial charge < -0.3 is 4.90 Å². The summed E-state index contributed by atoms with van der Waals surface area (Å²) in [5, 5.41) is 5.05. The van der Waals surface area contributed by atoms with E-state index in [2.05, 4.69) is 0 Å². The van der Waals surface area contributed by atoms with Crippen molar-refractivity contribution < 1.29 is 13.2 Å². The molecule has 0 bridgehead atoms. The number of anilines is 1. The molecular formula is C13H18N2O3S2. The summed E-state index contributed by atoms with van der Waals surface area (Å²) >= 11 is 1.68. The van der Waals surface area contributed by atoms with Crippen molar-refractivity contribution in [3.63, 3.8) is 0 Å². The van der Waals surface area contributed by atoms with E-state index in [0.29, 0.717) is 5.69 Å². The Balaban J connectivity index is 2.21. The molecule has 5 nitrogen and oxygen atoms in total. The van der Waals surface area contributed by atoms with Gasteiger partial charge in [0.1, 0.15) is 0 Å². The van der Waals surface area contributed by atoms with Crippen LogP contribution in [0.5, 0.6) is 0 Å². The molecule has 0 saturated carbocycles. The lowest BCUT2D eigenvalue weighted by Crippen LogP contribution is -2.41. The second-order valence-corrected chi connectivity index (χ2v) is 8.25. The van der Waals surface area contributed by atoms with Gasteiger partial charge in [0.2, 0.25) is 15.9 Å². The highest BCUT2D eigenvalue weighted by Gasteiger charge is 2.39. The second-order valence-electron chi connectivity index (χ2n) is 5.09. The van der Waals surface area contributed by atoms with Crippen molar-refractivity contribution in [1.82, 2.24) is 0 Å². The summed E-state index contributed by atoms with van der Waals surface area (Å²) in [4.78, 5) is 14.1. The highest BCUT2D eigenvalue weighted by atomic mass is 32.2. The quantitative estimate of drug-likeness (QED) is 0.918. The molecule has 1 amide bonds. The molecule has 0 spiro atoms. The van der Waals surface area contributed by atoms with Crippen LogP contribution in [0.1, 0.15) is 19.8 Å². The third-order valence-electron chi connectivity index (χ3n) is 3.53. The average molecular weight is 314 g/mol. The zero-order valence-electron chi connectivity index (χ0n) is 11.5. The predicted octanol–water partition coefficient (Wildman–Crippen LogP) is 1.58. The second kappa shape index (κ2) is 5.38. The van der Waals surface area contributed by atoms with Crippen molar-refractivity contribution in [2.75, 3.05) is 17.7 Å². The number of thioether (sulfide) groups is 1. The van der Waals surface area contributed by atoms with Crippen LogP contribution in [0.3, 0.4) is 0 Å². The monoisotopic (exact) mass is 314 g/mol. The fraction of sp³-hybridized carbons (Fsp3) is 0.462. The van der Waals surface area contributed by atoms with E-state index >= 15 is 0 Å². The summed E-state index contributed by atoms with van der Waals surface area (Å²) in [5.41, 5.74) is 0.663. The van der Waals surface area contributed by atoms with Gasteiger partial charge in [-0.05, 0) is 49.8 Å². The van der Waals surface area contributed by atoms with Gasteiger partial charge in [-0.1, -0.05) is 0 Å². The molecule has 0 aliphatic carbocycles. The van der Waals surface area contributed by atoms with Crippen LogP contribution in [0.4, 0.5) is 5.69 Å². The topological polar surface area (TPSA) is 80.5 Å². The fourth-order valence-electron chi connectivity index (χ4n) is 2.28. The standard InChI is InChI=1S/C13H18N2O3S2/c1-13(8-3-9-19-13)12(16)15(2)10-4-6-11(7-5-10)20(14,17)18/h4-7H,3,8-9H2,1-2H3,(H2,14,17,18). The summed E-state index contributed by atoms with van der Waals surface area (Å²) in [5.74, 6) is 1.05. The Labute approximate surface area is 123 Å². The van der Waals surface area contributed by atoms with Crippen molar-refractivity contribution in [1.29, 1.82) is 0 Å². The lowest BCUT2D eigenvalue weighted by atomic mass is 10.0. The molecule has 1 saturated heterocycles. The number of nitrogens with two attached hydrogens (primary N) is 1. The van der Waals surface area contributed by atoms with E-state index in [1.165, 1.54) is 12.1 Å². The Kier molecular flexibility index (Phi) is 4.13. The summed E-state index contributed by atoms with van der Waals surface area (Å²) in [6.45, 7) is 1.96. The maximum atomic E-state index is 12.5. The van der Waals surface area contributed by atoms with E-state index in [-0.39, 0.29) is 15.5 Å². The first-order valence-electron chi connectivity index (χ1n) is 6.29. The first kappa shape index (κ1) is 15.3. The first-order chi connectivity index (χ1) is 9.24. The van der Waals surface area contributed by atoms with Crippen LogP contribution in [-0.2, 0) is 14.8 Å². The Morgan fingerprint density at radius 3 is 2.40 bits per heavy atom. The molecule has 1 unspecified atom stereocenters. The predicted molar refractivity (Wildman–Crippen MR) is 81.3 cm³/mol. The number of nitrogens with zero attached hydrogens (tertiary/aromatic N) is 1. The number of primary sulfonamides is 1. The van der Waals surface area contributed by atoms with Gasteiger partial charge in [0, 0.05) is 12.7 Å². The van der Waals surface area contributed by atoms with Crippen molar-refractivity contribution in [3.05, 3.63) is 24.3 Å². The molecule has 2 rings (SSSR count). The molecule has 20 heavy (non-hydrogen) atoms. The molecule has 1 aliphatic rings. The molecule has 1 fully saturated rings. The Hall–Kier alpha value is -1.05. The molecular weight excluding hydrogens is 296 g/mol. The zero-order valence-corrected chi connectivity index (χ0v) is 13.1. The number of benzene rings is 1. The number of carbonyl (C=O) groups excluding carboxylic acids is 1. The minimum absolute atomic E-state index is 0.0448. The number of rotatable bonds is 3. The van der Waals surface area contributed by atoms with Gasteiger partial charge in [-0.3, -0.25) is 4.79 Å². The Bertz CT molecular complexity index is 605. The summed E-state index contributed by atoms with van der Waals surface area (Å²) < 4.78 is 22.0. The normalized spacial score (nSPS) is 22.8. The highest BCUT2D eigenvalue weighted by molar-refractivity contribution is 8.01. The van der Waals surface area contributed by atoms with Gasteiger partial charge in [-0.25, -0.2) is 13.6 Å². The van der Waals surface area contributed by atoms with Crippen LogP contribution >= 0.6 is 11.8 Å². The van der Waals surface area contributed by atoms with Crippen LogP contribution in [0, 0.1) is 0 Å². The van der Waals surface area contributed by atoms with Crippen LogP contribution < -0.4 is 10.0 Å². The lowest BCUT2D eigenvalue weighted by Gasteiger charge is -2.28. The molecule has 7 heteroatoms. The van der Waals surface area contributed by atoms with E-state index in [1.807, 2.05) is 6.92 Å². The maximum absolute atomic E-state index is 12.5. The van der Waals surface area contributed by atoms with Gasteiger partial charge >= 0.3 is 0 Å². The van der Waals surface area contributed by atoms with Crippen LogP contribution in [-0.4, -0.2) is 31.9 Å². The lowest BCUT2D eigenvalue weighted by molar-refractivity contribution is -0.120. The highest BCUT2D eigenvalue weighted by Crippen LogP contribution is 2.39. The van der Waals surface area contributed by atoms with Gasteiger partial charge in [0.15, 0.2) is 0 Å². The van der Waals surface area contributed by atoms with Gasteiger partial charge in [-0.2, -0.15) is 0 Å². The van der Waals surface area contributed by atoms with E-state index in [9.17, 15) is 13.2 Å². The van der Waals surface area contributed by atoms with Gasteiger partial charge in [0.05, 0.1) is 9.64 Å². The van der Waals surface area contributed by atoms with Crippen LogP contribution in [0.15, 0.2) is 29.2 Å². The van der Waals surface area contributed by atoms with Crippen molar-refractivity contribution in [2.24, 2.45) is 5.14 Å². The molecule has 1 heterocycles. The van der Waals surface area contributed by atoms with Gasteiger partial charge in [-0.15, -0.1) is 11.8 Å². The molecule has 1 atom stereocenters. The largest absolute Gasteiger partial charge is 0.314 e. The maximum Gasteiger partial charge on any atom is 0.242 e. The minimum Gasteiger partial charge on any atom is -0.314 e. The molecule has 110 valence electrons. The number of sulfonamides is 1. The SMILES string of the molecule is CN(C(=O)C1(C)CCCS1)c1ccc(S(N)(=O)=O)cc1. The number of carbonyl (C=O) groups is 1. The first-order valence-corrected chi connectivity index (χ1v) is 8.82. The molecule has 1 aliphatic heterocycles. The average Bonchev–Trinajstić information content (AvgIpc) is 2.84. The van der Waals surface area contributed by atoms with E-state index < -0.39 is 10.0 Å². The number of hydrogen-bond acceptors (Lipinski definition) is 4. The fourth-order valence-corrected chi connectivity index (χ4v) is 4.08. The number of hydrogen-bond donors (Lipinski definition) is 1.